The molecule has 0 aliphatic carbocycles. The van der Waals surface area contributed by atoms with Crippen LogP contribution in [0.3, 0.4) is 0 Å². The molecule has 2 N–H and O–H groups in total. The number of aliphatic imine (C=N–C) groups is 1. The monoisotopic (exact) mass is 535 g/mol. The lowest BCUT2D eigenvalue weighted by Gasteiger charge is -2.34. The molecule has 0 amide bonds. The maximum absolute atomic E-state index is 13.6. The van der Waals surface area contributed by atoms with Gasteiger partial charge in [-0.25, -0.2) is 4.98 Å². The van der Waals surface area contributed by atoms with E-state index in [2.05, 4.69) is 27.1 Å². The van der Waals surface area contributed by atoms with Crippen LogP contribution < -0.4 is 5.32 Å². The topological polar surface area (TPSA) is 65.7 Å². The summed E-state index contributed by atoms with van der Waals surface area (Å²) in [6.45, 7) is 6.13. The van der Waals surface area contributed by atoms with Crippen molar-refractivity contribution in [3.05, 3.63) is 18.2 Å². The predicted octanol–water partition coefficient (Wildman–Crippen LogP) is 2.97. The quantitative estimate of drug-likeness (QED) is 0.333. The van der Waals surface area contributed by atoms with Gasteiger partial charge in [-0.05, 0) is 13.3 Å². The molecule has 2 heterocycles. The van der Waals surface area contributed by atoms with Gasteiger partial charge in [0, 0.05) is 63.0 Å². The van der Waals surface area contributed by atoms with E-state index in [1.807, 2.05) is 18.7 Å². The van der Waals surface area contributed by atoms with E-state index in [1.165, 1.54) is 24.0 Å². The van der Waals surface area contributed by atoms with Crippen LogP contribution in [-0.2, 0) is 12.6 Å². The summed E-state index contributed by atoms with van der Waals surface area (Å²) in [5, 5.41) is 14.0. The summed E-state index contributed by atoms with van der Waals surface area (Å²) < 4.78 is 42.0. The lowest BCUT2D eigenvalue weighted by Crippen LogP contribution is -2.48. The molecule has 1 fully saturated rings. The van der Waals surface area contributed by atoms with Crippen LogP contribution in [0.4, 0.5) is 13.2 Å². The number of alkyl halides is 3. The molecule has 1 saturated heterocycles. The molecule has 0 spiro atoms. The minimum Gasteiger partial charge on any atom is -0.374 e. The number of aryl methyl sites for hydroxylation is 1. The van der Waals surface area contributed by atoms with E-state index in [-0.39, 0.29) is 30.5 Å². The van der Waals surface area contributed by atoms with E-state index in [4.69, 9.17) is 0 Å². The van der Waals surface area contributed by atoms with Crippen LogP contribution in [0.1, 0.15) is 32.5 Å². The molecule has 11 heteroatoms. The van der Waals surface area contributed by atoms with Crippen LogP contribution in [-0.4, -0.2) is 68.9 Å². The number of imidazole rings is 1. The number of thioether (sulfide) groups is 1. The second-order valence-corrected chi connectivity index (χ2v) is 7.96. The lowest BCUT2D eigenvalue weighted by atomic mass is 9.98. The van der Waals surface area contributed by atoms with Gasteiger partial charge in [0.25, 0.3) is 0 Å². The van der Waals surface area contributed by atoms with Crippen molar-refractivity contribution >= 4 is 41.7 Å². The molecule has 1 aromatic rings. The number of nitrogens with one attached hydrogen (secondary N) is 1. The van der Waals surface area contributed by atoms with Gasteiger partial charge in [-0.2, -0.15) is 24.9 Å². The fourth-order valence-corrected chi connectivity index (χ4v) is 4.23. The second-order valence-electron chi connectivity index (χ2n) is 6.55. The van der Waals surface area contributed by atoms with Gasteiger partial charge in [-0.1, -0.05) is 6.92 Å². The first-order valence-corrected chi connectivity index (χ1v) is 10.2. The summed E-state index contributed by atoms with van der Waals surface area (Å²) in [6.07, 6.45) is -1.76. The van der Waals surface area contributed by atoms with Gasteiger partial charge in [-0.3, -0.25) is 4.99 Å². The Bertz CT molecular complexity index is 643. The van der Waals surface area contributed by atoms with Crippen LogP contribution in [0.5, 0.6) is 0 Å². The third-order valence-corrected chi connectivity index (χ3v) is 6.00. The Hall–Kier alpha value is -0.690. The van der Waals surface area contributed by atoms with Crippen LogP contribution in [0.15, 0.2) is 17.4 Å². The van der Waals surface area contributed by atoms with Gasteiger partial charge in [0.15, 0.2) is 5.96 Å². The number of halogens is 4. The SMILES string of the molecule is CCNC(=NCCC(O)(c1nccn1C)C(F)(F)F)N1CCSC(CC)C1.I. The zero-order valence-electron chi connectivity index (χ0n) is 16.4. The van der Waals surface area contributed by atoms with Gasteiger partial charge in [-0.15, -0.1) is 24.0 Å². The number of hydrogen-bond donors (Lipinski definition) is 2. The number of aromatic nitrogens is 2. The van der Waals surface area contributed by atoms with Gasteiger partial charge in [0.2, 0.25) is 5.60 Å². The third kappa shape index (κ3) is 5.91. The van der Waals surface area contributed by atoms with Gasteiger partial charge < -0.3 is 19.9 Å². The number of nitrogens with zero attached hydrogens (tertiary/aromatic N) is 4. The second kappa shape index (κ2) is 10.9. The fraction of sp³-hybridized carbons (Fsp3) is 0.765. The zero-order chi connectivity index (χ0) is 20.1. The Morgan fingerprint density at radius 3 is 2.68 bits per heavy atom. The Morgan fingerprint density at radius 1 is 1.43 bits per heavy atom. The summed E-state index contributed by atoms with van der Waals surface area (Å²) >= 11 is 1.91. The predicted molar refractivity (Wildman–Crippen MR) is 117 cm³/mol. The van der Waals surface area contributed by atoms with Gasteiger partial charge in [0.1, 0.15) is 5.82 Å². The largest absolute Gasteiger partial charge is 0.424 e. The van der Waals surface area contributed by atoms with Crippen LogP contribution in [0, 0.1) is 0 Å². The summed E-state index contributed by atoms with van der Waals surface area (Å²) in [7, 11) is 1.43. The molecule has 2 unspecified atom stereocenters. The first-order chi connectivity index (χ1) is 12.7. The summed E-state index contributed by atoms with van der Waals surface area (Å²) in [5.74, 6) is 1.14. The van der Waals surface area contributed by atoms with E-state index in [1.54, 1.807) is 0 Å². The Morgan fingerprint density at radius 2 is 2.14 bits per heavy atom. The fourth-order valence-electron chi connectivity index (χ4n) is 3.05. The summed E-state index contributed by atoms with van der Waals surface area (Å²) in [5.41, 5.74) is -3.03. The van der Waals surface area contributed by atoms with E-state index in [0.29, 0.717) is 17.8 Å². The molecule has 1 aliphatic heterocycles. The van der Waals surface area contributed by atoms with Crippen molar-refractivity contribution in [3.63, 3.8) is 0 Å². The average molecular weight is 535 g/mol. The molecule has 2 atom stereocenters. The molecule has 0 saturated carbocycles. The molecule has 6 nitrogen and oxygen atoms in total. The first-order valence-electron chi connectivity index (χ1n) is 9.14. The zero-order valence-corrected chi connectivity index (χ0v) is 19.5. The van der Waals surface area contributed by atoms with Crippen molar-refractivity contribution in [2.75, 3.05) is 31.9 Å². The number of rotatable bonds is 6. The smallest absolute Gasteiger partial charge is 0.374 e. The number of aliphatic hydroxyl groups is 1. The standard InChI is InChI=1S/C17H28F3N5OS.HI/c1-4-13-12-25(10-11-27-13)15(21-5-2)23-7-6-16(26,17(18,19)20)14-22-8-9-24(14)3;/h8-9,13,26H,4-7,10-12H2,1-3H3,(H,21,23);1H. The highest BCUT2D eigenvalue weighted by Crippen LogP contribution is 2.40. The Kier molecular flexibility index (Phi) is 9.87. The molecule has 0 radical (unpaired) electrons. The average Bonchev–Trinajstić information content (AvgIpc) is 3.06. The molecular formula is C17H29F3IN5OS. The van der Waals surface area contributed by atoms with Crippen LogP contribution in [0.2, 0.25) is 0 Å². The number of guanidine groups is 1. The normalized spacial score (nSPS) is 20.5. The third-order valence-electron chi connectivity index (χ3n) is 4.62. The Labute approximate surface area is 185 Å². The molecule has 28 heavy (non-hydrogen) atoms. The maximum atomic E-state index is 13.6. The molecule has 0 aromatic carbocycles. The van der Waals surface area contributed by atoms with E-state index >= 15 is 0 Å². The van der Waals surface area contributed by atoms with Crippen LogP contribution >= 0.6 is 35.7 Å². The molecule has 0 bridgehead atoms. The van der Waals surface area contributed by atoms with Gasteiger partial charge in [0.05, 0.1) is 0 Å². The molecule has 162 valence electrons. The van der Waals surface area contributed by atoms with Crippen molar-refractivity contribution in [2.24, 2.45) is 12.0 Å². The van der Waals surface area contributed by atoms with Crippen molar-refractivity contribution in [1.29, 1.82) is 0 Å². The van der Waals surface area contributed by atoms with E-state index in [9.17, 15) is 18.3 Å². The maximum Gasteiger partial charge on any atom is 0.424 e. The summed E-state index contributed by atoms with van der Waals surface area (Å²) in [6, 6.07) is 0. The molecule has 1 aliphatic rings. The van der Waals surface area contributed by atoms with Crippen molar-refractivity contribution in [1.82, 2.24) is 19.8 Å². The number of hydrogen-bond acceptors (Lipinski definition) is 4. The lowest BCUT2D eigenvalue weighted by molar-refractivity contribution is -0.272. The Balaban J connectivity index is 0.00000392. The summed E-state index contributed by atoms with van der Waals surface area (Å²) in [4.78, 5) is 10.2. The molecule has 1 aromatic heterocycles. The van der Waals surface area contributed by atoms with E-state index < -0.39 is 24.0 Å². The van der Waals surface area contributed by atoms with Crippen molar-refractivity contribution in [3.8, 4) is 0 Å². The minimum absolute atomic E-state index is 0. The minimum atomic E-state index is -4.84. The van der Waals surface area contributed by atoms with Gasteiger partial charge >= 0.3 is 6.18 Å². The van der Waals surface area contributed by atoms with E-state index in [0.717, 1.165) is 25.3 Å². The van der Waals surface area contributed by atoms with Crippen molar-refractivity contribution in [2.45, 2.75) is 43.7 Å². The molecular weight excluding hydrogens is 506 g/mol. The highest BCUT2D eigenvalue weighted by atomic mass is 127. The highest BCUT2D eigenvalue weighted by Gasteiger charge is 2.57. The van der Waals surface area contributed by atoms with Crippen LogP contribution in [0.25, 0.3) is 0 Å². The van der Waals surface area contributed by atoms with Crippen molar-refractivity contribution < 1.29 is 18.3 Å². The highest BCUT2D eigenvalue weighted by molar-refractivity contribution is 14.0. The first kappa shape index (κ1) is 25.3. The molecule has 2 rings (SSSR count).